The minimum atomic E-state index is -0.276. The lowest BCUT2D eigenvalue weighted by molar-refractivity contribution is -0.145. The first kappa shape index (κ1) is 14.3. The van der Waals surface area contributed by atoms with Crippen molar-refractivity contribution in [1.29, 1.82) is 0 Å². The number of rotatable bonds is 5. The fraction of sp³-hybridized carbons (Fsp3) is 0.400. The molecule has 0 unspecified atom stereocenters. The van der Waals surface area contributed by atoms with Crippen LogP contribution in [0.15, 0.2) is 30.3 Å². The number of allylic oxidation sites excluding steroid dienone is 1. The van der Waals surface area contributed by atoms with Crippen LogP contribution in [-0.4, -0.2) is 19.7 Å². The molecule has 0 amide bonds. The molecule has 0 aliphatic heterocycles. The predicted molar refractivity (Wildman–Crippen MR) is 72.4 cm³/mol. The lowest BCUT2D eigenvalue weighted by Gasteiger charge is -2.15. The average molecular weight is 248 g/mol. The van der Waals surface area contributed by atoms with Gasteiger partial charge in [0.1, 0.15) is 5.75 Å². The maximum absolute atomic E-state index is 11.8. The molecule has 98 valence electrons. The van der Waals surface area contributed by atoms with Crippen LogP contribution in [-0.2, 0) is 9.53 Å². The lowest BCUT2D eigenvalue weighted by Crippen LogP contribution is -2.16. The molecular weight excluding hydrogens is 228 g/mol. The average Bonchev–Trinajstić information content (AvgIpc) is 2.40. The molecule has 3 nitrogen and oxygen atoms in total. The van der Waals surface area contributed by atoms with Gasteiger partial charge in [-0.1, -0.05) is 18.2 Å². The number of carbonyl (C=O) groups excluding carboxylic acids is 1. The minimum Gasteiger partial charge on any atom is -0.497 e. The van der Waals surface area contributed by atoms with Crippen molar-refractivity contribution in [2.45, 2.75) is 20.8 Å². The Bertz CT molecular complexity index is 435. The molecule has 1 aromatic rings. The first-order valence-electron chi connectivity index (χ1n) is 6.11. The van der Waals surface area contributed by atoms with Crippen molar-refractivity contribution in [2.75, 3.05) is 13.7 Å². The Labute approximate surface area is 108 Å². The number of esters is 1. The van der Waals surface area contributed by atoms with Gasteiger partial charge in [0.15, 0.2) is 0 Å². The van der Waals surface area contributed by atoms with Crippen molar-refractivity contribution in [3.8, 4) is 5.75 Å². The second kappa shape index (κ2) is 6.84. The number of hydrogen-bond acceptors (Lipinski definition) is 3. The molecule has 3 heteroatoms. The summed E-state index contributed by atoms with van der Waals surface area (Å²) in [6.45, 7) is 5.99. The largest absolute Gasteiger partial charge is 0.497 e. The molecule has 0 aliphatic rings. The Morgan fingerprint density at radius 2 is 2.17 bits per heavy atom. The highest BCUT2D eigenvalue weighted by atomic mass is 16.5. The molecular formula is C15H20O3. The van der Waals surface area contributed by atoms with E-state index in [1.54, 1.807) is 7.11 Å². The van der Waals surface area contributed by atoms with Gasteiger partial charge in [0.2, 0.25) is 0 Å². The van der Waals surface area contributed by atoms with Crippen LogP contribution in [0.1, 0.15) is 26.3 Å². The molecule has 1 aromatic carbocycles. The Morgan fingerprint density at radius 1 is 1.44 bits per heavy atom. The van der Waals surface area contributed by atoms with Crippen LogP contribution in [0, 0.1) is 5.92 Å². The van der Waals surface area contributed by atoms with Crippen molar-refractivity contribution in [1.82, 2.24) is 0 Å². The summed E-state index contributed by atoms with van der Waals surface area (Å²) in [5.74, 6) is 0.304. The zero-order chi connectivity index (χ0) is 13.5. The molecule has 0 aliphatic carbocycles. The van der Waals surface area contributed by atoms with Crippen LogP contribution >= 0.6 is 0 Å². The van der Waals surface area contributed by atoms with Crippen LogP contribution in [0.4, 0.5) is 0 Å². The van der Waals surface area contributed by atoms with Crippen molar-refractivity contribution >= 4 is 11.5 Å². The van der Waals surface area contributed by atoms with Gasteiger partial charge in [-0.2, -0.15) is 0 Å². The standard InChI is InChI=1S/C15H20O3/c1-5-14(11(3)15(16)18-6-2)12-8-7-9-13(10-12)17-4/h5,7-11H,6H2,1-4H3/b14-5-/t11-/m1/s1. The number of methoxy groups -OCH3 is 1. The Morgan fingerprint density at radius 3 is 2.72 bits per heavy atom. The van der Waals surface area contributed by atoms with Crippen molar-refractivity contribution in [3.05, 3.63) is 35.9 Å². The Balaban J connectivity index is 2.99. The maximum Gasteiger partial charge on any atom is 0.313 e. The van der Waals surface area contributed by atoms with Gasteiger partial charge in [-0.3, -0.25) is 4.79 Å². The second-order valence-corrected chi connectivity index (χ2v) is 3.95. The summed E-state index contributed by atoms with van der Waals surface area (Å²) in [7, 11) is 1.63. The number of ether oxygens (including phenoxy) is 2. The summed E-state index contributed by atoms with van der Waals surface area (Å²) in [4.78, 5) is 11.8. The van der Waals surface area contributed by atoms with Gasteiger partial charge < -0.3 is 9.47 Å². The zero-order valence-electron chi connectivity index (χ0n) is 11.4. The van der Waals surface area contributed by atoms with Gasteiger partial charge in [-0.15, -0.1) is 0 Å². The Kier molecular flexibility index (Phi) is 5.43. The minimum absolute atomic E-state index is 0.201. The zero-order valence-corrected chi connectivity index (χ0v) is 11.4. The first-order chi connectivity index (χ1) is 8.63. The van der Waals surface area contributed by atoms with E-state index in [0.717, 1.165) is 16.9 Å². The smallest absolute Gasteiger partial charge is 0.313 e. The topological polar surface area (TPSA) is 35.5 Å². The van der Waals surface area contributed by atoms with E-state index < -0.39 is 0 Å². The Hall–Kier alpha value is -1.77. The van der Waals surface area contributed by atoms with E-state index >= 15 is 0 Å². The molecule has 18 heavy (non-hydrogen) atoms. The van der Waals surface area contributed by atoms with Crippen molar-refractivity contribution in [2.24, 2.45) is 5.92 Å². The summed E-state index contributed by atoms with van der Waals surface area (Å²) >= 11 is 0. The van der Waals surface area contributed by atoms with Gasteiger partial charge in [0.05, 0.1) is 19.6 Å². The van der Waals surface area contributed by atoms with E-state index in [2.05, 4.69) is 0 Å². The van der Waals surface area contributed by atoms with E-state index in [4.69, 9.17) is 9.47 Å². The SMILES string of the molecule is C/C=C(\c1cccc(OC)c1)[C@@H](C)C(=O)OCC. The van der Waals surface area contributed by atoms with Crippen LogP contribution in [0.3, 0.4) is 0 Å². The summed E-state index contributed by atoms with van der Waals surface area (Å²) in [6.07, 6.45) is 1.94. The van der Waals surface area contributed by atoms with Gasteiger partial charge in [0.25, 0.3) is 0 Å². The van der Waals surface area contributed by atoms with Crippen LogP contribution in [0.2, 0.25) is 0 Å². The highest BCUT2D eigenvalue weighted by Gasteiger charge is 2.19. The lowest BCUT2D eigenvalue weighted by atomic mass is 9.93. The molecule has 1 atom stereocenters. The third-order valence-electron chi connectivity index (χ3n) is 2.82. The normalized spacial score (nSPS) is 13.0. The third-order valence-corrected chi connectivity index (χ3v) is 2.82. The van der Waals surface area contributed by atoms with Gasteiger partial charge in [-0.05, 0) is 44.0 Å². The van der Waals surface area contributed by atoms with Crippen LogP contribution in [0.5, 0.6) is 5.75 Å². The predicted octanol–water partition coefficient (Wildman–Crippen LogP) is 3.30. The fourth-order valence-corrected chi connectivity index (χ4v) is 1.86. The molecule has 0 heterocycles. The molecule has 0 N–H and O–H groups in total. The molecule has 0 radical (unpaired) electrons. The summed E-state index contributed by atoms with van der Waals surface area (Å²) in [5.41, 5.74) is 1.93. The molecule has 0 aromatic heterocycles. The molecule has 0 bridgehead atoms. The van der Waals surface area contributed by atoms with Crippen molar-refractivity contribution < 1.29 is 14.3 Å². The van der Waals surface area contributed by atoms with Gasteiger partial charge >= 0.3 is 5.97 Å². The first-order valence-corrected chi connectivity index (χ1v) is 6.11. The number of hydrogen-bond donors (Lipinski definition) is 0. The maximum atomic E-state index is 11.8. The molecule has 0 spiro atoms. The monoisotopic (exact) mass is 248 g/mol. The molecule has 0 fully saturated rings. The van der Waals surface area contributed by atoms with E-state index in [9.17, 15) is 4.79 Å². The van der Waals surface area contributed by atoms with E-state index in [1.165, 1.54) is 0 Å². The number of carbonyl (C=O) groups is 1. The van der Waals surface area contributed by atoms with Crippen molar-refractivity contribution in [3.63, 3.8) is 0 Å². The highest BCUT2D eigenvalue weighted by molar-refractivity contribution is 5.88. The molecule has 0 saturated heterocycles. The van der Waals surface area contributed by atoms with E-state index in [0.29, 0.717) is 6.61 Å². The van der Waals surface area contributed by atoms with Gasteiger partial charge in [0, 0.05) is 0 Å². The van der Waals surface area contributed by atoms with E-state index in [-0.39, 0.29) is 11.9 Å². The quantitative estimate of drug-likeness (QED) is 0.750. The van der Waals surface area contributed by atoms with E-state index in [1.807, 2.05) is 51.1 Å². The summed E-state index contributed by atoms with van der Waals surface area (Å²) in [5, 5.41) is 0. The van der Waals surface area contributed by atoms with Crippen LogP contribution < -0.4 is 4.74 Å². The molecule has 0 saturated carbocycles. The number of benzene rings is 1. The molecule has 1 rings (SSSR count). The van der Waals surface area contributed by atoms with Crippen LogP contribution in [0.25, 0.3) is 5.57 Å². The highest BCUT2D eigenvalue weighted by Crippen LogP contribution is 2.27. The summed E-state index contributed by atoms with van der Waals surface area (Å²) < 4.78 is 10.2. The second-order valence-electron chi connectivity index (χ2n) is 3.95. The summed E-state index contributed by atoms with van der Waals surface area (Å²) in [6, 6.07) is 7.68. The third kappa shape index (κ3) is 3.36. The van der Waals surface area contributed by atoms with Gasteiger partial charge in [-0.25, -0.2) is 0 Å². The fourth-order valence-electron chi connectivity index (χ4n) is 1.86.